The summed E-state index contributed by atoms with van der Waals surface area (Å²) in [5.41, 5.74) is 4.94. The lowest BCUT2D eigenvalue weighted by molar-refractivity contribution is -0.121. The molecule has 3 heteroatoms. The van der Waals surface area contributed by atoms with Crippen LogP contribution in [0.2, 0.25) is 0 Å². The van der Waals surface area contributed by atoms with Crippen molar-refractivity contribution in [1.29, 1.82) is 0 Å². The van der Waals surface area contributed by atoms with Gasteiger partial charge in [-0.15, -0.1) is 0 Å². The van der Waals surface area contributed by atoms with E-state index in [1.54, 1.807) is 13.8 Å². The second-order valence-corrected chi connectivity index (χ2v) is 2.13. The second kappa shape index (κ2) is 3.45. The molecule has 0 aliphatic carbocycles. The molecule has 0 fully saturated rings. The van der Waals surface area contributed by atoms with Crippen LogP contribution in [0.1, 0.15) is 13.8 Å². The molecule has 0 saturated heterocycles. The van der Waals surface area contributed by atoms with Crippen molar-refractivity contribution in [2.24, 2.45) is 11.7 Å². The summed E-state index contributed by atoms with van der Waals surface area (Å²) >= 11 is 0. The molecule has 3 N–H and O–H groups in total. The van der Waals surface area contributed by atoms with Crippen LogP contribution in [-0.2, 0) is 4.79 Å². The van der Waals surface area contributed by atoms with Crippen molar-refractivity contribution in [2.45, 2.75) is 13.8 Å². The van der Waals surface area contributed by atoms with Crippen LogP contribution >= 0.6 is 0 Å². The van der Waals surface area contributed by atoms with Gasteiger partial charge in [-0.25, -0.2) is 0 Å². The van der Waals surface area contributed by atoms with Gasteiger partial charge in [0.15, 0.2) is 0 Å². The summed E-state index contributed by atoms with van der Waals surface area (Å²) in [5.74, 6) is 0.0130. The monoisotopic (exact) mass is 130 g/mol. The molecule has 53 valence electrons. The molecule has 0 unspecified atom stereocenters. The molecule has 1 radical (unpaired) electrons. The van der Waals surface area contributed by atoms with Crippen LogP contribution in [0.3, 0.4) is 0 Å². The lowest BCUT2D eigenvalue weighted by atomic mass is 9.97. The van der Waals surface area contributed by atoms with E-state index in [4.69, 9.17) is 10.8 Å². The minimum Gasteiger partial charge on any atom is -0.396 e. The van der Waals surface area contributed by atoms with Gasteiger partial charge in [0.2, 0.25) is 5.91 Å². The quantitative estimate of drug-likeness (QED) is 0.550. The van der Waals surface area contributed by atoms with Crippen LogP contribution in [0, 0.1) is 11.8 Å². The predicted molar refractivity (Wildman–Crippen MR) is 34.4 cm³/mol. The van der Waals surface area contributed by atoms with Gasteiger partial charge in [0, 0.05) is 18.4 Å². The summed E-state index contributed by atoms with van der Waals surface area (Å²) in [5, 5.41) is 8.51. The molecule has 1 amide bonds. The van der Waals surface area contributed by atoms with Crippen LogP contribution in [0.15, 0.2) is 0 Å². The van der Waals surface area contributed by atoms with Crippen molar-refractivity contribution in [3.05, 3.63) is 5.92 Å². The number of rotatable bonds is 3. The first-order chi connectivity index (χ1) is 4.09. The first-order valence-corrected chi connectivity index (χ1v) is 2.82. The zero-order chi connectivity index (χ0) is 7.44. The lowest BCUT2D eigenvalue weighted by Crippen LogP contribution is -2.26. The van der Waals surface area contributed by atoms with E-state index in [-0.39, 0.29) is 18.4 Å². The fourth-order valence-corrected chi connectivity index (χ4v) is 0.380. The van der Waals surface area contributed by atoms with E-state index in [2.05, 4.69) is 0 Å². The molecule has 3 nitrogen and oxygen atoms in total. The SMILES string of the molecule is C[C](CO)[C@H](C)C(N)=O. The first-order valence-electron chi connectivity index (χ1n) is 2.82. The molecule has 0 aliphatic rings. The number of carbonyl (C=O) groups excluding carboxylic acids is 1. The van der Waals surface area contributed by atoms with Crippen LogP contribution in [0.25, 0.3) is 0 Å². The number of nitrogens with two attached hydrogens (primary N) is 1. The number of amides is 1. The average Bonchev–Trinajstić information content (AvgIpc) is 1.84. The fourth-order valence-electron chi connectivity index (χ4n) is 0.380. The van der Waals surface area contributed by atoms with Gasteiger partial charge in [0.05, 0.1) is 0 Å². The number of aliphatic hydroxyl groups is 1. The standard InChI is InChI=1S/C6H12NO2/c1-4(3-8)5(2)6(7)9/h5,8H,3H2,1-2H3,(H2,7,9)/t5-/m0/s1. The highest BCUT2D eigenvalue weighted by atomic mass is 16.3. The third-order valence-corrected chi connectivity index (χ3v) is 1.42. The normalized spacial score (nSPS) is 13.8. The zero-order valence-electron chi connectivity index (χ0n) is 5.72. The predicted octanol–water partition coefficient (Wildman–Crippen LogP) is -0.306. The highest BCUT2D eigenvalue weighted by molar-refractivity contribution is 5.78. The van der Waals surface area contributed by atoms with E-state index >= 15 is 0 Å². The molecule has 0 heterocycles. The van der Waals surface area contributed by atoms with Crippen LogP contribution < -0.4 is 5.73 Å². The minimum atomic E-state index is -0.387. The summed E-state index contributed by atoms with van der Waals surface area (Å²) in [4.78, 5) is 10.4. The Hall–Kier alpha value is -0.570. The minimum absolute atomic E-state index is 0.0654. The summed E-state index contributed by atoms with van der Waals surface area (Å²) in [6.07, 6.45) is 0. The van der Waals surface area contributed by atoms with Crippen molar-refractivity contribution in [3.63, 3.8) is 0 Å². The molecule has 0 spiro atoms. The molecule has 1 atom stereocenters. The topological polar surface area (TPSA) is 63.3 Å². The Labute approximate surface area is 54.9 Å². The maximum atomic E-state index is 10.4. The highest BCUT2D eigenvalue weighted by Crippen LogP contribution is 2.10. The Kier molecular flexibility index (Phi) is 3.24. The van der Waals surface area contributed by atoms with Crippen LogP contribution in [-0.4, -0.2) is 17.6 Å². The van der Waals surface area contributed by atoms with Gasteiger partial charge in [-0.2, -0.15) is 0 Å². The molecular formula is C6H12NO2. The van der Waals surface area contributed by atoms with E-state index in [9.17, 15) is 4.79 Å². The van der Waals surface area contributed by atoms with E-state index in [0.717, 1.165) is 0 Å². The van der Waals surface area contributed by atoms with Gasteiger partial charge >= 0.3 is 0 Å². The van der Waals surface area contributed by atoms with E-state index in [1.807, 2.05) is 0 Å². The third kappa shape index (κ3) is 2.46. The Balaban J connectivity index is 3.72. The molecule has 0 aliphatic heterocycles. The van der Waals surface area contributed by atoms with Crippen LogP contribution in [0.4, 0.5) is 0 Å². The summed E-state index contributed by atoms with van der Waals surface area (Å²) in [7, 11) is 0. The maximum absolute atomic E-state index is 10.4. The van der Waals surface area contributed by atoms with E-state index in [1.165, 1.54) is 0 Å². The lowest BCUT2D eigenvalue weighted by Gasteiger charge is -2.11. The number of primary amides is 1. The van der Waals surface area contributed by atoms with Crippen molar-refractivity contribution in [2.75, 3.05) is 6.61 Å². The first kappa shape index (κ1) is 8.43. The Morgan fingerprint density at radius 1 is 1.78 bits per heavy atom. The number of aliphatic hydroxyl groups excluding tert-OH is 1. The van der Waals surface area contributed by atoms with Gasteiger partial charge in [-0.05, 0) is 0 Å². The molecule has 0 rings (SSSR count). The summed E-state index contributed by atoms with van der Waals surface area (Å²) < 4.78 is 0. The zero-order valence-corrected chi connectivity index (χ0v) is 5.72. The van der Waals surface area contributed by atoms with Gasteiger partial charge in [-0.1, -0.05) is 13.8 Å². The second-order valence-electron chi connectivity index (χ2n) is 2.13. The smallest absolute Gasteiger partial charge is 0.220 e. The summed E-state index contributed by atoms with van der Waals surface area (Å²) in [6, 6.07) is 0. The third-order valence-electron chi connectivity index (χ3n) is 1.42. The van der Waals surface area contributed by atoms with Crippen molar-refractivity contribution < 1.29 is 9.90 Å². The average molecular weight is 130 g/mol. The van der Waals surface area contributed by atoms with Gasteiger partial charge < -0.3 is 10.8 Å². The molecular weight excluding hydrogens is 118 g/mol. The van der Waals surface area contributed by atoms with E-state index < -0.39 is 0 Å². The molecule has 0 aromatic rings. The Morgan fingerprint density at radius 3 is 2.33 bits per heavy atom. The van der Waals surface area contributed by atoms with Gasteiger partial charge in [0.1, 0.15) is 0 Å². The molecule has 0 bridgehead atoms. The number of hydrogen-bond donors (Lipinski definition) is 2. The highest BCUT2D eigenvalue weighted by Gasteiger charge is 2.16. The van der Waals surface area contributed by atoms with Crippen LogP contribution in [0.5, 0.6) is 0 Å². The molecule has 0 saturated carbocycles. The summed E-state index contributed by atoms with van der Waals surface area (Å²) in [6.45, 7) is 3.31. The molecule has 0 aromatic heterocycles. The largest absolute Gasteiger partial charge is 0.396 e. The number of hydrogen-bond acceptors (Lipinski definition) is 2. The molecule has 0 aromatic carbocycles. The maximum Gasteiger partial charge on any atom is 0.220 e. The Bertz CT molecular complexity index is 103. The van der Waals surface area contributed by atoms with Crippen molar-refractivity contribution >= 4 is 5.91 Å². The van der Waals surface area contributed by atoms with Gasteiger partial charge in [-0.3, -0.25) is 4.79 Å². The van der Waals surface area contributed by atoms with Gasteiger partial charge in [0.25, 0.3) is 0 Å². The Morgan fingerprint density at radius 2 is 2.22 bits per heavy atom. The van der Waals surface area contributed by atoms with Crippen molar-refractivity contribution in [3.8, 4) is 0 Å². The number of carbonyl (C=O) groups is 1. The van der Waals surface area contributed by atoms with Crippen molar-refractivity contribution in [1.82, 2.24) is 0 Å². The fraction of sp³-hybridized carbons (Fsp3) is 0.667. The van der Waals surface area contributed by atoms with E-state index in [0.29, 0.717) is 5.92 Å². The molecule has 9 heavy (non-hydrogen) atoms.